The molecule has 1 amide bonds. The second-order valence-corrected chi connectivity index (χ2v) is 5.93. The molecular formula is C16H31NO2. The van der Waals surface area contributed by atoms with Gasteiger partial charge in [0.2, 0.25) is 0 Å². The van der Waals surface area contributed by atoms with Crippen LogP contribution in [0.5, 0.6) is 0 Å². The number of hydrogen-bond donors (Lipinski definition) is 1. The summed E-state index contributed by atoms with van der Waals surface area (Å²) in [4.78, 5) is 11.1. The first-order valence-electron chi connectivity index (χ1n) is 8.15. The molecular weight excluding hydrogens is 238 g/mol. The summed E-state index contributed by atoms with van der Waals surface area (Å²) in [5, 5.41) is 0. The summed E-state index contributed by atoms with van der Waals surface area (Å²) in [5.41, 5.74) is 4.73. The molecule has 2 N–H and O–H groups in total. The molecule has 0 spiro atoms. The zero-order chi connectivity index (χ0) is 14.0. The molecule has 1 heterocycles. The Morgan fingerprint density at radius 1 is 0.947 bits per heavy atom. The Kier molecular flexibility index (Phi) is 8.11. The van der Waals surface area contributed by atoms with Gasteiger partial charge in [-0.15, -0.1) is 0 Å². The molecule has 112 valence electrons. The number of unbranched alkanes of at least 4 members (excludes halogenated alkanes) is 10. The van der Waals surface area contributed by atoms with Crippen LogP contribution in [0.15, 0.2) is 0 Å². The standard InChI is InChI=1S/C16H31NO2/c1-2-3-4-5-6-7-8-9-10-11-12-13-16(14-19-16)15(17)18/h2-14H2,1H3,(H2,17,18). The summed E-state index contributed by atoms with van der Waals surface area (Å²) in [6.45, 7) is 2.80. The zero-order valence-corrected chi connectivity index (χ0v) is 12.6. The fraction of sp³-hybridized carbons (Fsp3) is 0.938. The maximum atomic E-state index is 11.1. The van der Waals surface area contributed by atoms with Crippen LogP contribution in [0.2, 0.25) is 0 Å². The molecule has 0 aliphatic carbocycles. The number of ether oxygens (including phenoxy) is 1. The summed E-state index contributed by atoms with van der Waals surface area (Å²) in [6, 6.07) is 0. The first kappa shape index (κ1) is 16.5. The molecule has 19 heavy (non-hydrogen) atoms. The molecule has 0 aromatic carbocycles. The van der Waals surface area contributed by atoms with E-state index in [1.165, 1.54) is 64.2 Å². The van der Waals surface area contributed by atoms with Crippen LogP contribution in [-0.2, 0) is 9.53 Å². The number of epoxide rings is 1. The third-order valence-corrected chi connectivity index (χ3v) is 4.13. The van der Waals surface area contributed by atoms with Crippen molar-refractivity contribution in [2.75, 3.05) is 6.61 Å². The van der Waals surface area contributed by atoms with Gasteiger partial charge in [0.25, 0.3) is 5.91 Å². The molecule has 1 saturated heterocycles. The lowest BCUT2D eigenvalue weighted by molar-refractivity contribution is -0.123. The van der Waals surface area contributed by atoms with Crippen molar-refractivity contribution in [1.82, 2.24) is 0 Å². The van der Waals surface area contributed by atoms with Crippen molar-refractivity contribution in [1.29, 1.82) is 0 Å². The van der Waals surface area contributed by atoms with Crippen LogP contribution >= 0.6 is 0 Å². The van der Waals surface area contributed by atoms with Crippen molar-refractivity contribution in [3.63, 3.8) is 0 Å². The Balaban J connectivity index is 1.78. The Morgan fingerprint density at radius 2 is 1.37 bits per heavy atom. The van der Waals surface area contributed by atoms with Gasteiger partial charge in [-0.3, -0.25) is 4.79 Å². The minimum absolute atomic E-state index is 0.278. The number of hydrogen-bond acceptors (Lipinski definition) is 2. The van der Waals surface area contributed by atoms with Gasteiger partial charge in [-0.2, -0.15) is 0 Å². The normalized spacial score (nSPS) is 21.5. The molecule has 3 heteroatoms. The Labute approximate surface area is 118 Å². The van der Waals surface area contributed by atoms with Crippen molar-refractivity contribution in [3.05, 3.63) is 0 Å². The highest BCUT2D eigenvalue weighted by Crippen LogP contribution is 2.32. The molecule has 0 saturated carbocycles. The highest BCUT2D eigenvalue weighted by Gasteiger charge is 2.49. The maximum absolute atomic E-state index is 11.1. The van der Waals surface area contributed by atoms with Gasteiger partial charge in [0, 0.05) is 0 Å². The third kappa shape index (κ3) is 6.95. The van der Waals surface area contributed by atoms with Crippen LogP contribution in [-0.4, -0.2) is 18.1 Å². The molecule has 1 aliphatic rings. The van der Waals surface area contributed by atoms with E-state index in [4.69, 9.17) is 10.5 Å². The van der Waals surface area contributed by atoms with E-state index in [0.29, 0.717) is 6.61 Å². The van der Waals surface area contributed by atoms with Crippen LogP contribution in [0.1, 0.15) is 84.0 Å². The lowest BCUT2D eigenvalue weighted by Gasteiger charge is -2.06. The molecule has 0 radical (unpaired) electrons. The molecule has 1 aliphatic heterocycles. The van der Waals surface area contributed by atoms with Crippen molar-refractivity contribution < 1.29 is 9.53 Å². The smallest absolute Gasteiger partial charge is 0.252 e. The van der Waals surface area contributed by atoms with E-state index in [1.807, 2.05) is 0 Å². The summed E-state index contributed by atoms with van der Waals surface area (Å²) in [7, 11) is 0. The first-order valence-corrected chi connectivity index (χ1v) is 8.15. The molecule has 1 unspecified atom stereocenters. The number of primary amides is 1. The van der Waals surface area contributed by atoms with Gasteiger partial charge in [-0.25, -0.2) is 0 Å². The topological polar surface area (TPSA) is 55.6 Å². The minimum Gasteiger partial charge on any atom is -0.367 e. The second-order valence-electron chi connectivity index (χ2n) is 5.93. The monoisotopic (exact) mass is 269 g/mol. The van der Waals surface area contributed by atoms with E-state index < -0.39 is 5.60 Å². The molecule has 0 bridgehead atoms. The average molecular weight is 269 g/mol. The number of carbonyl (C=O) groups excluding carboxylic acids is 1. The van der Waals surface area contributed by atoms with Gasteiger partial charge in [0.1, 0.15) is 0 Å². The summed E-state index contributed by atoms with van der Waals surface area (Å²) < 4.78 is 5.17. The largest absolute Gasteiger partial charge is 0.367 e. The van der Waals surface area contributed by atoms with Crippen LogP contribution in [0.4, 0.5) is 0 Å². The lowest BCUT2D eigenvalue weighted by atomic mass is 10.00. The fourth-order valence-corrected chi connectivity index (χ4v) is 2.57. The van der Waals surface area contributed by atoms with Crippen LogP contribution in [0.25, 0.3) is 0 Å². The predicted octanol–water partition coefficient (Wildman–Crippen LogP) is 3.94. The highest BCUT2D eigenvalue weighted by atomic mass is 16.6. The van der Waals surface area contributed by atoms with Gasteiger partial charge in [0.05, 0.1) is 6.61 Å². The van der Waals surface area contributed by atoms with Crippen molar-refractivity contribution in [2.24, 2.45) is 5.73 Å². The fourth-order valence-electron chi connectivity index (χ4n) is 2.57. The minimum atomic E-state index is -0.570. The Bertz CT molecular complexity index is 249. The SMILES string of the molecule is CCCCCCCCCCCCCC1(C(N)=O)CO1. The van der Waals surface area contributed by atoms with Crippen LogP contribution < -0.4 is 5.73 Å². The molecule has 1 atom stereocenters. The summed E-state index contributed by atoms with van der Waals surface area (Å²) in [6.07, 6.45) is 15.4. The van der Waals surface area contributed by atoms with E-state index in [2.05, 4.69) is 6.92 Å². The van der Waals surface area contributed by atoms with Crippen molar-refractivity contribution in [2.45, 2.75) is 89.6 Å². The van der Waals surface area contributed by atoms with Crippen molar-refractivity contribution in [3.8, 4) is 0 Å². The van der Waals surface area contributed by atoms with E-state index >= 15 is 0 Å². The predicted molar refractivity (Wildman–Crippen MR) is 79.0 cm³/mol. The van der Waals surface area contributed by atoms with E-state index in [1.54, 1.807) is 0 Å². The summed E-state index contributed by atoms with van der Waals surface area (Å²) >= 11 is 0. The number of nitrogens with two attached hydrogens (primary N) is 1. The maximum Gasteiger partial charge on any atom is 0.252 e. The quantitative estimate of drug-likeness (QED) is 0.406. The Hall–Kier alpha value is -0.570. The Morgan fingerprint density at radius 3 is 1.74 bits per heavy atom. The average Bonchev–Trinajstić information content (AvgIpc) is 3.17. The van der Waals surface area contributed by atoms with Gasteiger partial charge < -0.3 is 10.5 Å². The number of carbonyl (C=O) groups is 1. The van der Waals surface area contributed by atoms with Crippen LogP contribution in [0, 0.1) is 0 Å². The zero-order valence-electron chi connectivity index (χ0n) is 12.6. The van der Waals surface area contributed by atoms with Crippen molar-refractivity contribution >= 4 is 5.91 Å². The first-order chi connectivity index (χ1) is 9.21. The van der Waals surface area contributed by atoms with Crippen LogP contribution in [0.3, 0.4) is 0 Å². The highest BCUT2D eigenvalue weighted by molar-refractivity contribution is 5.85. The molecule has 1 rings (SSSR count). The number of amides is 1. The second kappa shape index (κ2) is 9.35. The lowest BCUT2D eigenvalue weighted by Crippen LogP contribution is -2.31. The number of rotatable bonds is 13. The van der Waals surface area contributed by atoms with Gasteiger partial charge in [-0.05, 0) is 12.8 Å². The van der Waals surface area contributed by atoms with E-state index in [-0.39, 0.29) is 5.91 Å². The van der Waals surface area contributed by atoms with Gasteiger partial charge in [0.15, 0.2) is 5.60 Å². The molecule has 1 fully saturated rings. The van der Waals surface area contributed by atoms with Gasteiger partial charge >= 0.3 is 0 Å². The molecule has 0 aromatic heterocycles. The van der Waals surface area contributed by atoms with E-state index in [0.717, 1.165) is 12.8 Å². The summed E-state index contributed by atoms with van der Waals surface area (Å²) in [5.74, 6) is -0.278. The molecule has 3 nitrogen and oxygen atoms in total. The van der Waals surface area contributed by atoms with E-state index in [9.17, 15) is 4.79 Å². The molecule has 0 aromatic rings. The van der Waals surface area contributed by atoms with Gasteiger partial charge in [-0.1, -0.05) is 71.1 Å². The third-order valence-electron chi connectivity index (χ3n) is 4.13.